The summed E-state index contributed by atoms with van der Waals surface area (Å²) >= 11 is 0. The lowest BCUT2D eigenvalue weighted by molar-refractivity contribution is 0.0883. The van der Waals surface area contributed by atoms with E-state index < -0.39 is 0 Å². The highest BCUT2D eigenvalue weighted by Crippen LogP contribution is 2.01. The highest BCUT2D eigenvalue weighted by molar-refractivity contribution is 4.69. The van der Waals surface area contributed by atoms with Gasteiger partial charge in [-0.15, -0.1) is 0 Å². The zero-order chi connectivity index (χ0) is 12.4. The Morgan fingerprint density at radius 2 is 1.69 bits per heavy atom. The highest BCUT2D eigenvalue weighted by atomic mass is 16.5. The van der Waals surface area contributed by atoms with Crippen LogP contribution in [0.5, 0.6) is 0 Å². The fraction of sp³-hybridized carbons (Fsp3) is 1.00. The van der Waals surface area contributed by atoms with Crippen LogP contribution in [0.3, 0.4) is 0 Å². The molecule has 0 aliphatic rings. The van der Waals surface area contributed by atoms with Gasteiger partial charge in [-0.05, 0) is 18.8 Å². The van der Waals surface area contributed by atoms with Crippen molar-refractivity contribution in [3.05, 3.63) is 0 Å². The van der Waals surface area contributed by atoms with E-state index in [0.29, 0.717) is 17.9 Å². The molecule has 98 valence electrons. The van der Waals surface area contributed by atoms with E-state index in [1.54, 1.807) is 0 Å². The molecule has 0 saturated heterocycles. The normalized spacial score (nSPS) is 13.7. The van der Waals surface area contributed by atoms with Gasteiger partial charge in [0.1, 0.15) is 0 Å². The van der Waals surface area contributed by atoms with E-state index in [-0.39, 0.29) is 0 Å². The number of nitrogens with one attached hydrogen (secondary N) is 1. The maximum Gasteiger partial charge on any atom is 0.0621 e. The lowest BCUT2D eigenvalue weighted by Crippen LogP contribution is -2.39. The monoisotopic (exact) mass is 231 g/mol. The summed E-state index contributed by atoms with van der Waals surface area (Å²) in [6.07, 6.45) is 0. The standard InChI is InChI=1S/C13H29NO2/c1-6-15-10-13(12(4)5)14-7-8-16-9-11(2)3/h11-14H,6-10H2,1-5H3. The van der Waals surface area contributed by atoms with Crippen molar-refractivity contribution in [2.75, 3.05) is 33.0 Å². The fourth-order valence-corrected chi connectivity index (χ4v) is 1.37. The number of ether oxygens (including phenoxy) is 2. The third-order valence-corrected chi connectivity index (χ3v) is 2.41. The fourth-order valence-electron chi connectivity index (χ4n) is 1.37. The highest BCUT2D eigenvalue weighted by Gasteiger charge is 2.11. The summed E-state index contributed by atoms with van der Waals surface area (Å²) in [7, 11) is 0. The Kier molecular flexibility index (Phi) is 9.99. The van der Waals surface area contributed by atoms with Gasteiger partial charge in [0.05, 0.1) is 13.2 Å². The lowest BCUT2D eigenvalue weighted by atomic mass is 10.1. The average molecular weight is 231 g/mol. The van der Waals surface area contributed by atoms with E-state index in [0.717, 1.165) is 33.0 Å². The molecule has 0 rings (SSSR count). The summed E-state index contributed by atoms with van der Waals surface area (Å²) in [6.45, 7) is 14.9. The summed E-state index contributed by atoms with van der Waals surface area (Å²) in [5, 5.41) is 3.48. The van der Waals surface area contributed by atoms with Crippen molar-refractivity contribution >= 4 is 0 Å². The molecule has 0 aliphatic heterocycles. The zero-order valence-corrected chi connectivity index (χ0v) is 11.6. The maximum atomic E-state index is 5.53. The van der Waals surface area contributed by atoms with Crippen molar-refractivity contribution in [3.8, 4) is 0 Å². The van der Waals surface area contributed by atoms with E-state index in [2.05, 4.69) is 33.0 Å². The minimum atomic E-state index is 0.433. The second kappa shape index (κ2) is 10.1. The number of rotatable bonds is 10. The Morgan fingerprint density at radius 3 is 2.19 bits per heavy atom. The van der Waals surface area contributed by atoms with Crippen LogP contribution >= 0.6 is 0 Å². The molecule has 0 heterocycles. The van der Waals surface area contributed by atoms with Gasteiger partial charge in [0.25, 0.3) is 0 Å². The first-order valence-corrected chi connectivity index (χ1v) is 6.46. The third-order valence-electron chi connectivity index (χ3n) is 2.41. The minimum absolute atomic E-state index is 0.433. The summed E-state index contributed by atoms with van der Waals surface area (Å²) < 4.78 is 11.0. The molecular formula is C13H29NO2. The van der Waals surface area contributed by atoms with Crippen molar-refractivity contribution in [1.29, 1.82) is 0 Å². The molecular weight excluding hydrogens is 202 g/mol. The predicted molar refractivity (Wildman–Crippen MR) is 68.8 cm³/mol. The Labute approximate surface area is 101 Å². The molecule has 1 atom stereocenters. The molecule has 0 saturated carbocycles. The first-order valence-electron chi connectivity index (χ1n) is 6.46. The average Bonchev–Trinajstić information content (AvgIpc) is 2.21. The molecule has 0 spiro atoms. The Bertz CT molecular complexity index is 149. The van der Waals surface area contributed by atoms with Gasteiger partial charge in [-0.1, -0.05) is 27.7 Å². The van der Waals surface area contributed by atoms with Crippen molar-refractivity contribution in [1.82, 2.24) is 5.32 Å². The zero-order valence-electron chi connectivity index (χ0n) is 11.6. The summed E-state index contributed by atoms with van der Waals surface area (Å²) in [4.78, 5) is 0. The molecule has 1 N–H and O–H groups in total. The van der Waals surface area contributed by atoms with E-state index in [1.807, 2.05) is 6.92 Å². The van der Waals surface area contributed by atoms with Crippen LogP contribution in [0.1, 0.15) is 34.6 Å². The Hall–Kier alpha value is -0.120. The molecule has 0 aromatic carbocycles. The topological polar surface area (TPSA) is 30.5 Å². The molecule has 0 radical (unpaired) electrons. The molecule has 3 heteroatoms. The van der Waals surface area contributed by atoms with Gasteiger partial charge in [-0.3, -0.25) is 0 Å². The van der Waals surface area contributed by atoms with Gasteiger partial charge in [-0.2, -0.15) is 0 Å². The second-order valence-corrected chi connectivity index (χ2v) is 4.93. The van der Waals surface area contributed by atoms with Gasteiger partial charge in [-0.25, -0.2) is 0 Å². The van der Waals surface area contributed by atoms with Crippen LogP contribution in [0.15, 0.2) is 0 Å². The van der Waals surface area contributed by atoms with Gasteiger partial charge < -0.3 is 14.8 Å². The Morgan fingerprint density at radius 1 is 1.00 bits per heavy atom. The quantitative estimate of drug-likeness (QED) is 0.585. The van der Waals surface area contributed by atoms with E-state index in [4.69, 9.17) is 9.47 Å². The van der Waals surface area contributed by atoms with Crippen LogP contribution in [0, 0.1) is 11.8 Å². The van der Waals surface area contributed by atoms with Gasteiger partial charge in [0.15, 0.2) is 0 Å². The molecule has 0 aliphatic carbocycles. The van der Waals surface area contributed by atoms with E-state index in [1.165, 1.54) is 0 Å². The lowest BCUT2D eigenvalue weighted by Gasteiger charge is -2.22. The molecule has 0 bridgehead atoms. The van der Waals surface area contributed by atoms with Crippen LogP contribution < -0.4 is 5.32 Å². The molecule has 0 amide bonds. The molecule has 0 aromatic rings. The van der Waals surface area contributed by atoms with Gasteiger partial charge in [0.2, 0.25) is 0 Å². The molecule has 16 heavy (non-hydrogen) atoms. The minimum Gasteiger partial charge on any atom is -0.380 e. The number of hydrogen-bond donors (Lipinski definition) is 1. The molecule has 0 fully saturated rings. The van der Waals surface area contributed by atoms with Crippen molar-refractivity contribution in [2.24, 2.45) is 11.8 Å². The second-order valence-electron chi connectivity index (χ2n) is 4.93. The van der Waals surface area contributed by atoms with Crippen molar-refractivity contribution in [2.45, 2.75) is 40.7 Å². The summed E-state index contributed by atoms with van der Waals surface area (Å²) in [5.41, 5.74) is 0. The first-order chi connectivity index (χ1) is 7.57. The third kappa shape index (κ3) is 9.13. The maximum absolute atomic E-state index is 5.53. The van der Waals surface area contributed by atoms with Crippen LogP contribution in [-0.4, -0.2) is 39.0 Å². The smallest absolute Gasteiger partial charge is 0.0621 e. The van der Waals surface area contributed by atoms with Crippen molar-refractivity contribution in [3.63, 3.8) is 0 Å². The SMILES string of the molecule is CCOCC(NCCOCC(C)C)C(C)C. The summed E-state index contributed by atoms with van der Waals surface area (Å²) in [6, 6.07) is 0.433. The molecule has 1 unspecified atom stereocenters. The number of hydrogen-bond acceptors (Lipinski definition) is 3. The van der Waals surface area contributed by atoms with Gasteiger partial charge in [0, 0.05) is 25.8 Å². The Balaban J connectivity index is 3.52. The summed E-state index contributed by atoms with van der Waals surface area (Å²) in [5.74, 6) is 1.21. The van der Waals surface area contributed by atoms with Crippen LogP contribution in [-0.2, 0) is 9.47 Å². The first kappa shape index (κ1) is 15.9. The van der Waals surface area contributed by atoms with E-state index >= 15 is 0 Å². The van der Waals surface area contributed by atoms with Crippen LogP contribution in [0.25, 0.3) is 0 Å². The predicted octanol–water partition coefficient (Wildman–Crippen LogP) is 2.31. The largest absolute Gasteiger partial charge is 0.380 e. The van der Waals surface area contributed by atoms with Crippen molar-refractivity contribution < 1.29 is 9.47 Å². The van der Waals surface area contributed by atoms with Crippen LogP contribution in [0.2, 0.25) is 0 Å². The van der Waals surface area contributed by atoms with Crippen LogP contribution in [0.4, 0.5) is 0 Å². The molecule has 3 nitrogen and oxygen atoms in total. The molecule has 0 aromatic heterocycles. The van der Waals surface area contributed by atoms with Gasteiger partial charge >= 0.3 is 0 Å². The van der Waals surface area contributed by atoms with E-state index in [9.17, 15) is 0 Å².